The summed E-state index contributed by atoms with van der Waals surface area (Å²) in [6.07, 6.45) is 1.12. The van der Waals surface area contributed by atoms with E-state index in [1.807, 2.05) is 31.2 Å². The fraction of sp³-hybridized carbons (Fsp3) is 0.455. The zero-order valence-electron chi connectivity index (χ0n) is 15.8. The Labute approximate surface area is 159 Å². The molecule has 0 unspecified atom stereocenters. The first-order chi connectivity index (χ1) is 13.1. The number of methoxy groups -OCH3 is 1. The van der Waals surface area contributed by atoms with E-state index in [9.17, 15) is 5.11 Å². The summed E-state index contributed by atoms with van der Waals surface area (Å²) in [4.78, 5) is 0. The summed E-state index contributed by atoms with van der Waals surface area (Å²) >= 11 is 0. The van der Waals surface area contributed by atoms with Gasteiger partial charge in [-0.1, -0.05) is 36.4 Å². The highest BCUT2D eigenvalue weighted by molar-refractivity contribution is 5.34. The van der Waals surface area contributed by atoms with Crippen LogP contribution in [-0.4, -0.2) is 37.3 Å². The minimum atomic E-state index is -0.942. The van der Waals surface area contributed by atoms with Crippen LogP contribution in [0, 0.1) is 0 Å². The molecule has 2 aromatic rings. The zero-order chi connectivity index (χ0) is 18.9. The minimum Gasteiger partial charge on any atom is -0.494 e. The van der Waals surface area contributed by atoms with Gasteiger partial charge in [0.1, 0.15) is 12.4 Å². The third kappa shape index (κ3) is 3.60. The average Bonchev–Trinajstić information content (AvgIpc) is 2.97. The Morgan fingerprint density at radius 3 is 2.67 bits per heavy atom. The molecule has 4 rings (SSSR count). The van der Waals surface area contributed by atoms with Gasteiger partial charge >= 0.3 is 0 Å². The maximum Gasteiger partial charge on any atom is 0.200 e. The molecule has 0 aromatic heterocycles. The summed E-state index contributed by atoms with van der Waals surface area (Å²) in [5, 5.41) is 10.3. The Morgan fingerprint density at radius 1 is 1.11 bits per heavy atom. The van der Waals surface area contributed by atoms with Crippen molar-refractivity contribution >= 4 is 0 Å². The lowest BCUT2D eigenvalue weighted by Crippen LogP contribution is -2.46. The standard InChI is InChI=1S/C22H26O5/c1-3-25-20-9-7-16(8-10-20)11-17-5-4-6-18(12-17)22-14-19(23)13-21(24-2,27-22)15-26-22/h4-10,12,19,23H,3,11,13-15H2,1-2H3/t19-,21+,22+/m0/s1. The van der Waals surface area contributed by atoms with Crippen molar-refractivity contribution in [1.82, 2.24) is 0 Å². The van der Waals surface area contributed by atoms with Crippen LogP contribution in [0.4, 0.5) is 0 Å². The molecule has 1 N–H and O–H groups in total. The van der Waals surface area contributed by atoms with Crippen molar-refractivity contribution in [3.8, 4) is 5.75 Å². The van der Waals surface area contributed by atoms with E-state index in [4.69, 9.17) is 18.9 Å². The fourth-order valence-electron chi connectivity index (χ4n) is 4.00. The molecule has 0 radical (unpaired) electrons. The van der Waals surface area contributed by atoms with Crippen molar-refractivity contribution in [2.45, 2.75) is 43.9 Å². The van der Waals surface area contributed by atoms with Crippen molar-refractivity contribution in [3.63, 3.8) is 0 Å². The molecule has 144 valence electrons. The van der Waals surface area contributed by atoms with Crippen LogP contribution >= 0.6 is 0 Å². The van der Waals surface area contributed by atoms with E-state index < -0.39 is 17.7 Å². The molecule has 2 heterocycles. The van der Waals surface area contributed by atoms with Gasteiger partial charge in [0, 0.05) is 25.5 Å². The third-order valence-electron chi connectivity index (χ3n) is 5.31. The summed E-state index contributed by atoms with van der Waals surface area (Å²) in [7, 11) is 1.60. The minimum absolute atomic E-state index is 0.323. The maximum absolute atomic E-state index is 10.3. The number of aliphatic hydroxyl groups is 1. The van der Waals surface area contributed by atoms with Crippen molar-refractivity contribution < 1.29 is 24.1 Å². The van der Waals surface area contributed by atoms with Crippen LogP contribution in [0.5, 0.6) is 5.75 Å². The van der Waals surface area contributed by atoms with E-state index in [1.54, 1.807) is 7.11 Å². The average molecular weight is 370 g/mol. The van der Waals surface area contributed by atoms with Crippen LogP contribution in [0.3, 0.4) is 0 Å². The Morgan fingerprint density at radius 2 is 1.93 bits per heavy atom. The molecule has 0 aliphatic carbocycles. The molecule has 0 amide bonds. The van der Waals surface area contributed by atoms with Gasteiger partial charge in [-0.25, -0.2) is 0 Å². The first-order valence-electron chi connectivity index (χ1n) is 9.45. The molecular weight excluding hydrogens is 344 g/mol. The lowest BCUT2D eigenvalue weighted by molar-refractivity contribution is -0.305. The molecule has 2 bridgehead atoms. The van der Waals surface area contributed by atoms with Crippen LogP contribution < -0.4 is 4.74 Å². The van der Waals surface area contributed by atoms with E-state index in [0.29, 0.717) is 26.1 Å². The van der Waals surface area contributed by atoms with Gasteiger partial charge in [0.25, 0.3) is 0 Å². The smallest absolute Gasteiger partial charge is 0.200 e. The summed E-state index contributed by atoms with van der Waals surface area (Å²) < 4.78 is 23.3. The van der Waals surface area contributed by atoms with Gasteiger partial charge in [-0.05, 0) is 36.6 Å². The van der Waals surface area contributed by atoms with E-state index in [-0.39, 0.29) is 0 Å². The Bertz CT molecular complexity index is 790. The largest absolute Gasteiger partial charge is 0.494 e. The Balaban J connectivity index is 1.56. The fourth-order valence-corrected chi connectivity index (χ4v) is 4.00. The lowest BCUT2D eigenvalue weighted by atomic mass is 9.91. The predicted molar refractivity (Wildman–Crippen MR) is 101 cm³/mol. The van der Waals surface area contributed by atoms with E-state index in [2.05, 4.69) is 24.3 Å². The number of hydrogen-bond acceptors (Lipinski definition) is 5. The van der Waals surface area contributed by atoms with Gasteiger partial charge in [0.15, 0.2) is 5.79 Å². The van der Waals surface area contributed by atoms with Crippen LogP contribution in [-0.2, 0) is 26.4 Å². The topological polar surface area (TPSA) is 57.2 Å². The SMILES string of the molecule is CCOc1ccc(Cc2cccc([C@]34C[C@@H](O)C[C@](OC)(CO3)O4)c2)cc1. The molecule has 2 fully saturated rings. The molecule has 5 nitrogen and oxygen atoms in total. The second kappa shape index (κ2) is 7.24. The number of benzene rings is 2. The first kappa shape index (κ1) is 18.4. The molecule has 2 saturated heterocycles. The molecule has 0 saturated carbocycles. The molecule has 2 aliphatic heterocycles. The van der Waals surface area contributed by atoms with Crippen molar-refractivity contribution in [2.24, 2.45) is 0 Å². The zero-order valence-corrected chi connectivity index (χ0v) is 15.8. The lowest BCUT2D eigenvalue weighted by Gasteiger charge is -2.39. The van der Waals surface area contributed by atoms with Crippen molar-refractivity contribution in [2.75, 3.05) is 20.3 Å². The highest BCUT2D eigenvalue weighted by Crippen LogP contribution is 2.49. The van der Waals surface area contributed by atoms with Crippen LogP contribution in [0.2, 0.25) is 0 Å². The van der Waals surface area contributed by atoms with Gasteiger partial charge < -0.3 is 24.1 Å². The van der Waals surface area contributed by atoms with Crippen molar-refractivity contribution in [3.05, 3.63) is 65.2 Å². The van der Waals surface area contributed by atoms with Gasteiger partial charge in [0.05, 0.1) is 12.7 Å². The summed E-state index contributed by atoms with van der Waals surface area (Å²) in [5.74, 6) is -0.917. The molecule has 3 atom stereocenters. The summed E-state index contributed by atoms with van der Waals surface area (Å²) in [6.45, 7) is 2.97. The summed E-state index contributed by atoms with van der Waals surface area (Å²) in [5.41, 5.74) is 3.29. The van der Waals surface area contributed by atoms with Crippen LogP contribution in [0.15, 0.2) is 48.5 Å². The predicted octanol–water partition coefficient (Wildman–Crippen LogP) is 3.37. The van der Waals surface area contributed by atoms with E-state index in [0.717, 1.165) is 23.3 Å². The van der Waals surface area contributed by atoms with E-state index >= 15 is 0 Å². The molecule has 5 heteroatoms. The number of rotatable bonds is 6. The normalized spacial score (nSPS) is 29.7. The van der Waals surface area contributed by atoms with E-state index in [1.165, 1.54) is 5.56 Å². The molecule has 2 aromatic carbocycles. The number of ether oxygens (including phenoxy) is 4. The second-order valence-corrected chi connectivity index (χ2v) is 7.27. The summed E-state index contributed by atoms with van der Waals surface area (Å²) in [6, 6.07) is 16.3. The molecular formula is C22H26O5. The molecule has 0 spiro atoms. The Kier molecular flexibility index (Phi) is 4.95. The van der Waals surface area contributed by atoms with Gasteiger partial charge in [-0.3, -0.25) is 0 Å². The van der Waals surface area contributed by atoms with Gasteiger partial charge in [-0.2, -0.15) is 0 Å². The number of aliphatic hydroxyl groups excluding tert-OH is 1. The quantitative estimate of drug-likeness (QED) is 0.845. The van der Waals surface area contributed by atoms with Crippen LogP contribution in [0.1, 0.15) is 36.5 Å². The molecule has 2 aliphatic rings. The van der Waals surface area contributed by atoms with Gasteiger partial charge in [0.2, 0.25) is 5.79 Å². The highest BCUT2D eigenvalue weighted by Gasteiger charge is 2.58. The highest BCUT2D eigenvalue weighted by atomic mass is 16.8. The van der Waals surface area contributed by atoms with Gasteiger partial charge in [-0.15, -0.1) is 0 Å². The first-order valence-corrected chi connectivity index (χ1v) is 9.45. The Hall–Kier alpha value is -1.92. The maximum atomic E-state index is 10.3. The second-order valence-electron chi connectivity index (χ2n) is 7.27. The van der Waals surface area contributed by atoms with Crippen molar-refractivity contribution in [1.29, 1.82) is 0 Å². The monoisotopic (exact) mass is 370 g/mol. The van der Waals surface area contributed by atoms with Crippen LogP contribution in [0.25, 0.3) is 0 Å². The number of hydrogen-bond donors (Lipinski definition) is 1. The molecule has 27 heavy (non-hydrogen) atoms. The third-order valence-corrected chi connectivity index (χ3v) is 5.31. The number of fused-ring (bicyclic) bond motifs is 2.